The van der Waals surface area contributed by atoms with E-state index in [-0.39, 0.29) is 17.4 Å². The van der Waals surface area contributed by atoms with Gasteiger partial charge in [-0.15, -0.1) is 0 Å². The van der Waals surface area contributed by atoms with Gasteiger partial charge in [0.25, 0.3) is 0 Å². The minimum atomic E-state index is -0.336. The second kappa shape index (κ2) is 5.22. The molecule has 0 heterocycles. The second-order valence-corrected chi connectivity index (χ2v) is 4.36. The number of rotatable bonds is 4. The molecule has 0 spiro atoms. The lowest BCUT2D eigenvalue weighted by Crippen LogP contribution is -2.36. The summed E-state index contributed by atoms with van der Waals surface area (Å²) in [5.74, 6) is 0.0378. The molecule has 2 N–H and O–H groups in total. The van der Waals surface area contributed by atoms with Gasteiger partial charge in [0.1, 0.15) is 0 Å². The van der Waals surface area contributed by atoms with Gasteiger partial charge in [-0.2, -0.15) is 0 Å². The molecule has 0 fully saturated rings. The van der Waals surface area contributed by atoms with Crippen LogP contribution in [-0.4, -0.2) is 23.7 Å². The molecule has 0 saturated carbocycles. The predicted octanol–water partition coefficient (Wildman–Crippen LogP) is 1.31. The van der Waals surface area contributed by atoms with E-state index in [2.05, 4.69) is 5.32 Å². The molecule has 0 radical (unpaired) electrons. The van der Waals surface area contributed by atoms with Crippen molar-refractivity contribution in [1.29, 1.82) is 0 Å². The van der Waals surface area contributed by atoms with E-state index in [9.17, 15) is 9.90 Å². The summed E-state index contributed by atoms with van der Waals surface area (Å²) in [6.07, 6.45) is 1.09. The molecular weight excluding hydrogens is 166 g/mol. The van der Waals surface area contributed by atoms with Gasteiger partial charge in [-0.3, -0.25) is 4.79 Å². The summed E-state index contributed by atoms with van der Waals surface area (Å²) in [6.45, 7) is 8.11. The van der Waals surface area contributed by atoms with Crippen molar-refractivity contribution in [2.24, 2.45) is 5.41 Å². The average Bonchev–Trinajstić information content (AvgIpc) is 2.02. The van der Waals surface area contributed by atoms with Crippen molar-refractivity contribution in [2.45, 2.75) is 46.6 Å². The van der Waals surface area contributed by atoms with Gasteiger partial charge in [0.05, 0.1) is 6.10 Å². The van der Waals surface area contributed by atoms with Gasteiger partial charge in [-0.1, -0.05) is 27.7 Å². The Morgan fingerprint density at radius 2 is 2.00 bits per heavy atom. The fraction of sp³-hybridized carbons (Fsp3) is 0.900. The summed E-state index contributed by atoms with van der Waals surface area (Å²) < 4.78 is 0. The Balaban J connectivity index is 3.60. The molecule has 0 saturated heterocycles. The van der Waals surface area contributed by atoms with Crippen molar-refractivity contribution in [1.82, 2.24) is 5.32 Å². The molecule has 1 atom stereocenters. The van der Waals surface area contributed by atoms with E-state index in [0.29, 0.717) is 13.0 Å². The SMILES string of the molecule is CCC(O)CCNC(=O)C(C)(C)C. The Hall–Kier alpha value is -0.570. The fourth-order valence-corrected chi connectivity index (χ4v) is 0.822. The Bertz CT molecular complexity index is 161. The molecule has 0 aliphatic heterocycles. The molecule has 0 aromatic rings. The lowest BCUT2D eigenvalue weighted by atomic mass is 9.95. The largest absolute Gasteiger partial charge is 0.393 e. The van der Waals surface area contributed by atoms with Crippen LogP contribution in [0, 0.1) is 5.41 Å². The van der Waals surface area contributed by atoms with Gasteiger partial charge in [0, 0.05) is 12.0 Å². The summed E-state index contributed by atoms with van der Waals surface area (Å²) in [7, 11) is 0. The smallest absolute Gasteiger partial charge is 0.225 e. The van der Waals surface area contributed by atoms with Crippen molar-refractivity contribution >= 4 is 5.91 Å². The highest BCUT2D eigenvalue weighted by molar-refractivity contribution is 5.81. The normalized spacial score (nSPS) is 13.9. The Morgan fingerprint density at radius 1 is 1.46 bits per heavy atom. The minimum absolute atomic E-state index is 0.0378. The van der Waals surface area contributed by atoms with Crippen LogP contribution in [0.25, 0.3) is 0 Å². The van der Waals surface area contributed by atoms with Gasteiger partial charge in [0.15, 0.2) is 0 Å². The van der Waals surface area contributed by atoms with Crippen LogP contribution in [0.3, 0.4) is 0 Å². The zero-order valence-corrected chi connectivity index (χ0v) is 9.05. The molecule has 13 heavy (non-hydrogen) atoms. The molecule has 1 unspecified atom stereocenters. The van der Waals surface area contributed by atoms with E-state index in [4.69, 9.17) is 0 Å². The number of carbonyl (C=O) groups excluding carboxylic acids is 1. The van der Waals surface area contributed by atoms with Crippen molar-refractivity contribution < 1.29 is 9.90 Å². The van der Waals surface area contributed by atoms with Crippen LogP contribution < -0.4 is 5.32 Å². The third kappa shape index (κ3) is 5.64. The maximum absolute atomic E-state index is 11.3. The minimum Gasteiger partial charge on any atom is -0.393 e. The van der Waals surface area contributed by atoms with Gasteiger partial charge in [0.2, 0.25) is 5.91 Å². The highest BCUT2D eigenvalue weighted by Gasteiger charge is 2.20. The van der Waals surface area contributed by atoms with Crippen LogP contribution in [0.15, 0.2) is 0 Å². The number of amides is 1. The first-order chi connectivity index (χ1) is 5.88. The van der Waals surface area contributed by atoms with Crippen molar-refractivity contribution in [3.63, 3.8) is 0 Å². The van der Waals surface area contributed by atoms with E-state index in [0.717, 1.165) is 6.42 Å². The molecule has 3 nitrogen and oxygen atoms in total. The van der Waals surface area contributed by atoms with Crippen LogP contribution in [0.2, 0.25) is 0 Å². The van der Waals surface area contributed by atoms with E-state index in [1.54, 1.807) is 0 Å². The quantitative estimate of drug-likeness (QED) is 0.697. The van der Waals surface area contributed by atoms with E-state index in [1.165, 1.54) is 0 Å². The van der Waals surface area contributed by atoms with Crippen molar-refractivity contribution in [2.75, 3.05) is 6.54 Å². The zero-order chi connectivity index (χ0) is 10.5. The molecule has 0 aliphatic carbocycles. The maximum atomic E-state index is 11.3. The Labute approximate surface area is 80.5 Å². The number of aliphatic hydroxyl groups excluding tert-OH is 1. The molecule has 0 bridgehead atoms. The molecule has 0 aliphatic rings. The molecule has 3 heteroatoms. The van der Waals surface area contributed by atoms with Gasteiger partial charge < -0.3 is 10.4 Å². The lowest BCUT2D eigenvalue weighted by molar-refractivity contribution is -0.128. The third-order valence-corrected chi connectivity index (χ3v) is 1.92. The van der Waals surface area contributed by atoms with Gasteiger partial charge >= 0.3 is 0 Å². The van der Waals surface area contributed by atoms with E-state index in [1.807, 2.05) is 27.7 Å². The third-order valence-electron chi connectivity index (χ3n) is 1.92. The van der Waals surface area contributed by atoms with E-state index < -0.39 is 0 Å². The lowest BCUT2D eigenvalue weighted by Gasteiger charge is -2.18. The number of hydrogen-bond donors (Lipinski definition) is 2. The predicted molar refractivity (Wildman–Crippen MR) is 53.4 cm³/mol. The van der Waals surface area contributed by atoms with Crippen LogP contribution in [0.5, 0.6) is 0 Å². The highest BCUT2D eigenvalue weighted by atomic mass is 16.3. The fourth-order valence-electron chi connectivity index (χ4n) is 0.822. The standard InChI is InChI=1S/C10H21NO2/c1-5-8(12)6-7-11-9(13)10(2,3)4/h8,12H,5-7H2,1-4H3,(H,11,13). The van der Waals surface area contributed by atoms with Crippen molar-refractivity contribution in [3.8, 4) is 0 Å². The molecule has 0 aromatic heterocycles. The first kappa shape index (κ1) is 12.4. The molecule has 1 amide bonds. The van der Waals surface area contributed by atoms with Gasteiger partial charge in [-0.25, -0.2) is 0 Å². The number of aliphatic hydroxyl groups is 1. The summed E-state index contributed by atoms with van der Waals surface area (Å²) in [6, 6.07) is 0. The molecule has 0 rings (SSSR count). The Morgan fingerprint density at radius 3 is 2.38 bits per heavy atom. The summed E-state index contributed by atoms with van der Waals surface area (Å²) in [4.78, 5) is 11.3. The number of hydrogen-bond acceptors (Lipinski definition) is 2. The van der Waals surface area contributed by atoms with Gasteiger partial charge in [-0.05, 0) is 12.8 Å². The monoisotopic (exact) mass is 187 g/mol. The second-order valence-electron chi connectivity index (χ2n) is 4.36. The number of nitrogens with one attached hydrogen (secondary N) is 1. The first-order valence-corrected chi connectivity index (χ1v) is 4.84. The van der Waals surface area contributed by atoms with Crippen LogP contribution in [-0.2, 0) is 4.79 Å². The highest BCUT2D eigenvalue weighted by Crippen LogP contribution is 2.12. The summed E-state index contributed by atoms with van der Waals surface area (Å²) >= 11 is 0. The van der Waals surface area contributed by atoms with E-state index >= 15 is 0 Å². The Kier molecular flexibility index (Phi) is 4.99. The summed E-state index contributed by atoms with van der Waals surface area (Å²) in [5, 5.41) is 12.0. The number of carbonyl (C=O) groups is 1. The average molecular weight is 187 g/mol. The van der Waals surface area contributed by atoms with Crippen LogP contribution >= 0.6 is 0 Å². The van der Waals surface area contributed by atoms with Crippen LogP contribution in [0.1, 0.15) is 40.5 Å². The molecule has 78 valence electrons. The molecule has 0 aromatic carbocycles. The topological polar surface area (TPSA) is 49.3 Å². The maximum Gasteiger partial charge on any atom is 0.225 e. The molecular formula is C10H21NO2. The first-order valence-electron chi connectivity index (χ1n) is 4.84. The van der Waals surface area contributed by atoms with Crippen molar-refractivity contribution in [3.05, 3.63) is 0 Å². The van der Waals surface area contributed by atoms with Crippen LogP contribution in [0.4, 0.5) is 0 Å². The zero-order valence-electron chi connectivity index (χ0n) is 9.05. The summed E-state index contributed by atoms with van der Waals surface area (Å²) in [5.41, 5.74) is -0.336.